The van der Waals surface area contributed by atoms with E-state index in [9.17, 15) is 9.59 Å². The number of hydrogen-bond acceptors (Lipinski definition) is 2. The number of benzene rings is 1. The maximum Gasteiger partial charge on any atom is 0.317 e. The Hall–Kier alpha value is -1.75. The van der Waals surface area contributed by atoms with Crippen LogP contribution in [0.2, 0.25) is 5.02 Å². The maximum atomic E-state index is 11.9. The van der Waals surface area contributed by atoms with E-state index >= 15 is 0 Å². The Balaban J connectivity index is 1.75. The molecule has 1 heterocycles. The molecule has 1 aromatic carbocycles. The van der Waals surface area contributed by atoms with Crippen molar-refractivity contribution in [3.8, 4) is 0 Å². The minimum Gasteiger partial charge on any atom is -0.481 e. The lowest BCUT2D eigenvalue weighted by molar-refractivity contribution is -0.141. The lowest BCUT2D eigenvalue weighted by atomic mass is 10.1. The van der Waals surface area contributed by atoms with Crippen LogP contribution < -0.4 is 5.32 Å². The molecule has 108 valence electrons. The molecule has 0 bridgehead atoms. The molecule has 0 saturated carbocycles. The zero-order valence-electron chi connectivity index (χ0n) is 11.0. The van der Waals surface area contributed by atoms with Crippen LogP contribution >= 0.6 is 11.6 Å². The summed E-state index contributed by atoms with van der Waals surface area (Å²) in [6.45, 7) is 1.30. The molecule has 0 aromatic heterocycles. The minimum absolute atomic E-state index is 0.198. The Labute approximate surface area is 122 Å². The third-order valence-electron chi connectivity index (χ3n) is 3.40. The lowest BCUT2D eigenvalue weighted by Crippen LogP contribution is -2.39. The smallest absolute Gasteiger partial charge is 0.317 e. The second-order valence-electron chi connectivity index (χ2n) is 4.88. The van der Waals surface area contributed by atoms with Crippen molar-refractivity contribution >= 4 is 23.6 Å². The van der Waals surface area contributed by atoms with Crippen LogP contribution in [0, 0.1) is 5.92 Å². The minimum atomic E-state index is -0.834. The molecule has 2 amide bonds. The summed E-state index contributed by atoms with van der Waals surface area (Å²) < 4.78 is 0. The summed E-state index contributed by atoms with van der Waals surface area (Å²) >= 11 is 5.88. The van der Waals surface area contributed by atoms with Crippen molar-refractivity contribution < 1.29 is 14.7 Å². The molecule has 1 fully saturated rings. The predicted molar refractivity (Wildman–Crippen MR) is 75.9 cm³/mol. The predicted octanol–water partition coefficient (Wildman–Crippen LogP) is 2.00. The van der Waals surface area contributed by atoms with Gasteiger partial charge in [-0.2, -0.15) is 0 Å². The monoisotopic (exact) mass is 296 g/mol. The van der Waals surface area contributed by atoms with Crippen molar-refractivity contribution in [2.24, 2.45) is 5.92 Å². The number of carboxylic acids is 1. The van der Waals surface area contributed by atoms with Crippen molar-refractivity contribution in [1.29, 1.82) is 0 Å². The Kier molecular flexibility index (Phi) is 4.84. The van der Waals surface area contributed by atoms with Crippen LogP contribution in [0.5, 0.6) is 0 Å². The van der Waals surface area contributed by atoms with Crippen LogP contribution in [-0.4, -0.2) is 41.6 Å². The summed E-state index contributed by atoms with van der Waals surface area (Å²) in [6, 6.07) is 7.30. The molecule has 0 spiro atoms. The number of urea groups is 1. The summed E-state index contributed by atoms with van der Waals surface area (Å²) in [4.78, 5) is 24.2. The van der Waals surface area contributed by atoms with Gasteiger partial charge in [0, 0.05) is 24.7 Å². The highest BCUT2D eigenvalue weighted by atomic mass is 35.5. The largest absolute Gasteiger partial charge is 0.481 e. The van der Waals surface area contributed by atoms with Gasteiger partial charge in [-0.05, 0) is 30.5 Å². The highest BCUT2D eigenvalue weighted by Gasteiger charge is 2.30. The van der Waals surface area contributed by atoms with Gasteiger partial charge in [0.05, 0.1) is 5.92 Å². The fraction of sp³-hybridized carbons (Fsp3) is 0.429. The number of halogens is 1. The van der Waals surface area contributed by atoms with Gasteiger partial charge < -0.3 is 15.3 Å². The van der Waals surface area contributed by atoms with Crippen LogP contribution in [0.1, 0.15) is 12.0 Å². The molecule has 1 atom stereocenters. The Morgan fingerprint density at radius 2 is 2.25 bits per heavy atom. The zero-order valence-corrected chi connectivity index (χ0v) is 11.8. The summed E-state index contributed by atoms with van der Waals surface area (Å²) in [5, 5.41) is 12.4. The summed E-state index contributed by atoms with van der Waals surface area (Å²) in [5.41, 5.74) is 1.06. The first-order valence-corrected chi connectivity index (χ1v) is 6.94. The number of carboxylic acid groups (broad SMARTS) is 1. The fourth-order valence-electron chi connectivity index (χ4n) is 2.26. The van der Waals surface area contributed by atoms with E-state index in [-0.39, 0.29) is 6.03 Å². The molecule has 2 rings (SSSR count). The van der Waals surface area contributed by atoms with E-state index in [0.717, 1.165) is 5.56 Å². The number of hydrogen-bond donors (Lipinski definition) is 2. The number of nitrogens with one attached hydrogen (secondary N) is 1. The van der Waals surface area contributed by atoms with E-state index in [1.54, 1.807) is 11.0 Å². The molecule has 0 aliphatic carbocycles. The van der Waals surface area contributed by atoms with Crippen LogP contribution in [0.15, 0.2) is 24.3 Å². The number of carbonyl (C=O) groups is 2. The molecule has 1 aliphatic heterocycles. The molecule has 2 N–H and O–H groups in total. The van der Waals surface area contributed by atoms with Gasteiger partial charge in [-0.3, -0.25) is 4.79 Å². The van der Waals surface area contributed by atoms with E-state index in [1.165, 1.54) is 0 Å². The van der Waals surface area contributed by atoms with Gasteiger partial charge in [0.2, 0.25) is 0 Å². The van der Waals surface area contributed by atoms with Crippen molar-refractivity contribution in [3.63, 3.8) is 0 Å². The zero-order chi connectivity index (χ0) is 14.5. The summed E-state index contributed by atoms with van der Waals surface area (Å²) in [7, 11) is 0. The number of carbonyl (C=O) groups excluding carboxylic acids is 1. The summed E-state index contributed by atoms with van der Waals surface area (Å²) in [6.07, 6.45) is 1.22. The molecule has 1 unspecified atom stereocenters. The van der Waals surface area contributed by atoms with E-state index in [0.29, 0.717) is 37.5 Å². The van der Waals surface area contributed by atoms with Crippen molar-refractivity contribution in [3.05, 3.63) is 34.9 Å². The van der Waals surface area contributed by atoms with Gasteiger partial charge in [-0.25, -0.2) is 4.79 Å². The number of nitrogens with zero attached hydrogens (tertiary/aromatic N) is 1. The van der Waals surface area contributed by atoms with Crippen molar-refractivity contribution in [1.82, 2.24) is 10.2 Å². The third-order valence-corrected chi connectivity index (χ3v) is 3.64. The quantitative estimate of drug-likeness (QED) is 0.893. The highest BCUT2D eigenvalue weighted by molar-refractivity contribution is 6.30. The standard InChI is InChI=1S/C14H17ClN2O3/c15-12-3-1-2-10(8-12)4-6-16-14(20)17-7-5-11(9-17)13(18)19/h1-3,8,11H,4-7,9H2,(H,16,20)(H,18,19). The first-order valence-electron chi connectivity index (χ1n) is 6.56. The average Bonchev–Trinajstić information content (AvgIpc) is 2.88. The van der Waals surface area contributed by atoms with Gasteiger partial charge in [0.15, 0.2) is 0 Å². The number of rotatable bonds is 4. The maximum absolute atomic E-state index is 11.9. The summed E-state index contributed by atoms with van der Waals surface area (Å²) in [5.74, 6) is -1.27. The van der Waals surface area contributed by atoms with Gasteiger partial charge in [-0.1, -0.05) is 23.7 Å². The SMILES string of the molecule is O=C(O)C1CCN(C(=O)NCCc2cccc(Cl)c2)C1. The van der Waals surface area contributed by atoms with E-state index in [4.69, 9.17) is 16.7 Å². The van der Waals surface area contributed by atoms with E-state index in [2.05, 4.69) is 5.32 Å². The van der Waals surface area contributed by atoms with Crippen molar-refractivity contribution in [2.75, 3.05) is 19.6 Å². The molecule has 5 nitrogen and oxygen atoms in total. The second-order valence-corrected chi connectivity index (χ2v) is 5.32. The fourth-order valence-corrected chi connectivity index (χ4v) is 2.48. The van der Waals surface area contributed by atoms with Crippen LogP contribution in [0.4, 0.5) is 4.79 Å². The molecular weight excluding hydrogens is 280 g/mol. The lowest BCUT2D eigenvalue weighted by Gasteiger charge is -2.16. The topological polar surface area (TPSA) is 69.6 Å². The normalized spacial score (nSPS) is 18.1. The molecule has 1 saturated heterocycles. The third kappa shape index (κ3) is 3.87. The molecule has 20 heavy (non-hydrogen) atoms. The number of aliphatic carboxylic acids is 1. The number of likely N-dealkylation sites (tertiary alicyclic amines) is 1. The average molecular weight is 297 g/mol. The van der Waals surface area contributed by atoms with Gasteiger partial charge >= 0.3 is 12.0 Å². The molecule has 0 radical (unpaired) electrons. The van der Waals surface area contributed by atoms with Gasteiger partial charge in [0.1, 0.15) is 0 Å². The van der Waals surface area contributed by atoms with Gasteiger partial charge in [0.25, 0.3) is 0 Å². The molecule has 1 aromatic rings. The molecule has 6 heteroatoms. The van der Waals surface area contributed by atoms with Gasteiger partial charge in [-0.15, -0.1) is 0 Å². The first-order chi connectivity index (χ1) is 9.56. The Morgan fingerprint density at radius 3 is 2.90 bits per heavy atom. The Bertz CT molecular complexity index is 507. The second kappa shape index (κ2) is 6.61. The van der Waals surface area contributed by atoms with E-state index in [1.807, 2.05) is 18.2 Å². The van der Waals surface area contributed by atoms with E-state index < -0.39 is 11.9 Å². The van der Waals surface area contributed by atoms with Crippen LogP contribution in [-0.2, 0) is 11.2 Å². The van der Waals surface area contributed by atoms with Crippen LogP contribution in [0.25, 0.3) is 0 Å². The number of amides is 2. The van der Waals surface area contributed by atoms with Crippen molar-refractivity contribution in [2.45, 2.75) is 12.8 Å². The Morgan fingerprint density at radius 1 is 1.45 bits per heavy atom. The first kappa shape index (κ1) is 14.7. The molecule has 1 aliphatic rings. The van der Waals surface area contributed by atoms with Crippen LogP contribution in [0.3, 0.4) is 0 Å². The highest BCUT2D eigenvalue weighted by Crippen LogP contribution is 2.16. The molecular formula is C14H17ClN2O3.